The van der Waals surface area contributed by atoms with Crippen molar-refractivity contribution < 1.29 is 4.74 Å². The Kier molecular flexibility index (Phi) is 4.18. The van der Waals surface area contributed by atoms with Crippen LogP contribution in [0.15, 0.2) is 47.1 Å². The maximum Gasteiger partial charge on any atom is 0.146 e. The lowest BCUT2D eigenvalue weighted by Gasteiger charge is -2.34. The monoisotopic (exact) mass is 343 g/mol. The second-order valence-corrected chi connectivity index (χ2v) is 5.76. The van der Waals surface area contributed by atoms with Crippen LogP contribution in [-0.2, 0) is 4.74 Å². The molecule has 106 valence electrons. The first kappa shape index (κ1) is 14.1. The molecule has 0 spiro atoms. The topological polar surface area (TPSA) is 49.2 Å². The molecule has 4 nitrogen and oxygen atoms in total. The SMILES string of the molecule is N#Cc1cccnc1N1CCO[C@H](c2cccc(Br)c2)C1. The Hall–Kier alpha value is -1.90. The molecule has 1 aliphatic heterocycles. The van der Waals surface area contributed by atoms with Crippen molar-refractivity contribution in [1.29, 1.82) is 5.26 Å². The summed E-state index contributed by atoms with van der Waals surface area (Å²) in [5.41, 5.74) is 1.73. The third kappa shape index (κ3) is 3.07. The van der Waals surface area contributed by atoms with Crippen LogP contribution < -0.4 is 4.90 Å². The minimum Gasteiger partial charge on any atom is -0.370 e. The molecule has 0 amide bonds. The summed E-state index contributed by atoms with van der Waals surface area (Å²) < 4.78 is 6.91. The number of ether oxygens (including phenoxy) is 1. The molecule has 5 heteroatoms. The summed E-state index contributed by atoms with van der Waals surface area (Å²) in [6.45, 7) is 2.07. The molecule has 1 aromatic heterocycles. The summed E-state index contributed by atoms with van der Waals surface area (Å²) in [6.07, 6.45) is 1.71. The molecule has 1 aromatic carbocycles. The maximum atomic E-state index is 9.21. The van der Waals surface area contributed by atoms with E-state index >= 15 is 0 Å². The van der Waals surface area contributed by atoms with Gasteiger partial charge in [-0.2, -0.15) is 5.26 Å². The zero-order chi connectivity index (χ0) is 14.7. The van der Waals surface area contributed by atoms with Gasteiger partial charge in [-0.3, -0.25) is 0 Å². The number of nitrogens with zero attached hydrogens (tertiary/aromatic N) is 3. The third-order valence-electron chi connectivity index (χ3n) is 3.49. The standard InChI is InChI=1S/C16H14BrN3O/c17-14-5-1-3-12(9-14)15-11-20(7-8-21-15)16-13(10-18)4-2-6-19-16/h1-6,9,15H,7-8,11H2/t15-/m0/s1. The van der Waals surface area contributed by atoms with E-state index in [-0.39, 0.29) is 6.10 Å². The highest BCUT2D eigenvalue weighted by Gasteiger charge is 2.24. The second kappa shape index (κ2) is 6.25. The van der Waals surface area contributed by atoms with Gasteiger partial charge in [-0.15, -0.1) is 0 Å². The van der Waals surface area contributed by atoms with Crippen LogP contribution >= 0.6 is 15.9 Å². The number of anilines is 1. The quantitative estimate of drug-likeness (QED) is 0.839. The Bertz CT molecular complexity index is 683. The average Bonchev–Trinajstić information content (AvgIpc) is 2.55. The Morgan fingerprint density at radius 2 is 2.24 bits per heavy atom. The molecular formula is C16H14BrN3O. The van der Waals surface area contributed by atoms with E-state index in [9.17, 15) is 5.26 Å². The molecule has 1 aliphatic rings. The first-order chi connectivity index (χ1) is 10.3. The van der Waals surface area contributed by atoms with Gasteiger partial charge in [0.25, 0.3) is 0 Å². The van der Waals surface area contributed by atoms with E-state index in [0.717, 1.165) is 22.4 Å². The molecule has 2 aromatic rings. The van der Waals surface area contributed by atoms with Crippen LogP contribution in [0.1, 0.15) is 17.2 Å². The van der Waals surface area contributed by atoms with Crippen LogP contribution in [-0.4, -0.2) is 24.7 Å². The summed E-state index contributed by atoms with van der Waals surface area (Å²) in [6, 6.07) is 13.9. The van der Waals surface area contributed by atoms with E-state index in [4.69, 9.17) is 4.74 Å². The zero-order valence-electron chi connectivity index (χ0n) is 11.4. The predicted molar refractivity (Wildman–Crippen MR) is 84.0 cm³/mol. The molecule has 0 bridgehead atoms. The molecule has 0 unspecified atom stereocenters. The lowest BCUT2D eigenvalue weighted by molar-refractivity contribution is 0.0395. The Morgan fingerprint density at radius 3 is 3.05 bits per heavy atom. The number of pyridine rings is 1. The lowest BCUT2D eigenvalue weighted by atomic mass is 10.1. The normalized spacial score (nSPS) is 18.3. The van der Waals surface area contributed by atoms with E-state index in [0.29, 0.717) is 18.7 Å². The minimum atomic E-state index is -0.00945. The molecule has 21 heavy (non-hydrogen) atoms. The second-order valence-electron chi connectivity index (χ2n) is 4.85. The Balaban J connectivity index is 1.85. The average molecular weight is 344 g/mol. The van der Waals surface area contributed by atoms with Crippen molar-refractivity contribution in [3.63, 3.8) is 0 Å². The molecule has 2 heterocycles. The Morgan fingerprint density at radius 1 is 1.33 bits per heavy atom. The Labute approximate surface area is 132 Å². The number of aromatic nitrogens is 1. The van der Waals surface area contributed by atoms with Gasteiger partial charge < -0.3 is 9.64 Å². The molecule has 1 fully saturated rings. The molecule has 0 radical (unpaired) electrons. The summed E-state index contributed by atoms with van der Waals surface area (Å²) >= 11 is 3.49. The zero-order valence-corrected chi connectivity index (χ0v) is 13.0. The largest absolute Gasteiger partial charge is 0.370 e. The van der Waals surface area contributed by atoms with Gasteiger partial charge in [0.05, 0.1) is 12.2 Å². The van der Waals surface area contributed by atoms with Gasteiger partial charge in [0.1, 0.15) is 18.0 Å². The highest BCUT2D eigenvalue weighted by atomic mass is 79.9. The van der Waals surface area contributed by atoms with Crippen molar-refractivity contribution in [1.82, 2.24) is 4.98 Å². The van der Waals surface area contributed by atoms with Gasteiger partial charge in [-0.25, -0.2) is 4.98 Å². The molecule has 3 rings (SSSR count). The molecule has 0 aliphatic carbocycles. The van der Waals surface area contributed by atoms with E-state index < -0.39 is 0 Å². The number of hydrogen-bond donors (Lipinski definition) is 0. The highest BCUT2D eigenvalue weighted by molar-refractivity contribution is 9.10. The van der Waals surface area contributed by atoms with Crippen LogP contribution in [0.2, 0.25) is 0 Å². The highest BCUT2D eigenvalue weighted by Crippen LogP contribution is 2.28. The summed E-state index contributed by atoms with van der Waals surface area (Å²) in [7, 11) is 0. The first-order valence-corrected chi connectivity index (χ1v) is 7.54. The van der Waals surface area contributed by atoms with Crippen LogP contribution in [0.4, 0.5) is 5.82 Å². The predicted octanol–water partition coefficient (Wildman–Crippen LogP) is 3.29. The van der Waals surface area contributed by atoms with Crippen LogP contribution in [0.25, 0.3) is 0 Å². The molecule has 0 N–H and O–H groups in total. The molecule has 0 saturated carbocycles. The maximum absolute atomic E-state index is 9.21. The number of rotatable bonds is 2. The van der Waals surface area contributed by atoms with Crippen LogP contribution in [0, 0.1) is 11.3 Å². The van der Waals surface area contributed by atoms with Crippen LogP contribution in [0.5, 0.6) is 0 Å². The molecule has 1 atom stereocenters. The van der Waals surface area contributed by atoms with E-state index in [2.05, 4.69) is 44.0 Å². The third-order valence-corrected chi connectivity index (χ3v) is 3.99. The van der Waals surface area contributed by atoms with Crippen molar-refractivity contribution in [3.8, 4) is 6.07 Å². The van der Waals surface area contributed by atoms with Crippen molar-refractivity contribution in [2.45, 2.75) is 6.10 Å². The molecule has 1 saturated heterocycles. The van der Waals surface area contributed by atoms with E-state index in [1.165, 1.54) is 0 Å². The van der Waals surface area contributed by atoms with Gasteiger partial charge in [0.15, 0.2) is 0 Å². The number of nitriles is 1. The fraction of sp³-hybridized carbons (Fsp3) is 0.250. The van der Waals surface area contributed by atoms with Crippen molar-refractivity contribution in [2.75, 3.05) is 24.6 Å². The van der Waals surface area contributed by atoms with E-state index in [1.807, 2.05) is 12.1 Å². The summed E-state index contributed by atoms with van der Waals surface area (Å²) in [5.74, 6) is 0.739. The molecular weight excluding hydrogens is 330 g/mol. The number of hydrogen-bond acceptors (Lipinski definition) is 4. The van der Waals surface area contributed by atoms with E-state index in [1.54, 1.807) is 18.3 Å². The van der Waals surface area contributed by atoms with Crippen molar-refractivity contribution >= 4 is 21.7 Å². The van der Waals surface area contributed by atoms with Crippen molar-refractivity contribution in [3.05, 3.63) is 58.2 Å². The number of halogens is 1. The van der Waals surface area contributed by atoms with Crippen LogP contribution in [0.3, 0.4) is 0 Å². The summed E-state index contributed by atoms with van der Waals surface area (Å²) in [5, 5.41) is 9.21. The fourth-order valence-corrected chi connectivity index (χ4v) is 2.90. The van der Waals surface area contributed by atoms with Gasteiger partial charge in [-0.1, -0.05) is 28.1 Å². The smallest absolute Gasteiger partial charge is 0.146 e. The van der Waals surface area contributed by atoms with Gasteiger partial charge in [0.2, 0.25) is 0 Å². The van der Waals surface area contributed by atoms with Gasteiger partial charge >= 0.3 is 0 Å². The summed E-state index contributed by atoms with van der Waals surface area (Å²) in [4.78, 5) is 6.48. The minimum absolute atomic E-state index is 0.00945. The fourth-order valence-electron chi connectivity index (χ4n) is 2.49. The lowest BCUT2D eigenvalue weighted by Crippen LogP contribution is -2.39. The first-order valence-electron chi connectivity index (χ1n) is 6.75. The number of morpholine rings is 1. The van der Waals surface area contributed by atoms with Gasteiger partial charge in [-0.05, 0) is 29.8 Å². The van der Waals surface area contributed by atoms with Crippen molar-refractivity contribution in [2.24, 2.45) is 0 Å². The van der Waals surface area contributed by atoms with Gasteiger partial charge in [0, 0.05) is 23.8 Å². The number of benzene rings is 1.